The highest BCUT2D eigenvalue weighted by molar-refractivity contribution is 8.00. The highest BCUT2D eigenvalue weighted by atomic mass is 32.2. The lowest BCUT2D eigenvalue weighted by molar-refractivity contribution is -0.137. The van der Waals surface area contributed by atoms with Crippen molar-refractivity contribution >= 4 is 17.7 Å². The lowest BCUT2D eigenvalue weighted by atomic mass is 10.4. The van der Waals surface area contributed by atoms with Gasteiger partial charge in [0.25, 0.3) is 0 Å². The number of carbonyl (C=O) groups is 1. The average Bonchev–Trinajstić information content (AvgIpc) is 3.00. The Labute approximate surface area is 115 Å². The monoisotopic (exact) mass is 287 g/mol. The van der Waals surface area contributed by atoms with Gasteiger partial charge in [-0.25, -0.2) is 4.68 Å². The molecule has 2 rings (SSSR count). The molecule has 0 aliphatic carbocycles. The first-order valence-electron chi connectivity index (χ1n) is 6.10. The molecule has 1 saturated heterocycles. The number of cyclic esters (lactones) is 1. The number of methoxy groups -OCH3 is 1. The van der Waals surface area contributed by atoms with E-state index < -0.39 is 0 Å². The standard InChI is InChI=1S/C10H17N5O3S/c1-17-7-4-11-3-5-15-10(12-13-14-15)19-8-2-6-18-9(8)16/h8,11H,2-7H2,1H3. The number of hydrogen-bond acceptors (Lipinski definition) is 8. The predicted molar refractivity (Wildman–Crippen MR) is 67.8 cm³/mol. The zero-order chi connectivity index (χ0) is 13.5. The summed E-state index contributed by atoms with van der Waals surface area (Å²) in [6.07, 6.45) is 0.711. The minimum atomic E-state index is -0.189. The van der Waals surface area contributed by atoms with Crippen LogP contribution in [0.3, 0.4) is 0 Å². The molecular weight excluding hydrogens is 270 g/mol. The van der Waals surface area contributed by atoms with E-state index in [-0.39, 0.29) is 11.2 Å². The molecule has 1 atom stereocenters. The quantitative estimate of drug-likeness (QED) is 0.496. The molecule has 8 nitrogen and oxygen atoms in total. The van der Waals surface area contributed by atoms with Gasteiger partial charge in [-0.15, -0.1) is 5.10 Å². The van der Waals surface area contributed by atoms with Gasteiger partial charge in [0.05, 0.1) is 19.8 Å². The summed E-state index contributed by atoms with van der Waals surface area (Å²) in [7, 11) is 1.67. The fourth-order valence-electron chi connectivity index (χ4n) is 1.62. The van der Waals surface area contributed by atoms with Crippen molar-refractivity contribution in [3.63, 3.8) is 0 Å². The van der Waals surface area contributed by atoms with E-state index in [1.807, 2.05) is 0 Å². The number of aromatic nitrogens is 4. The van der Waals surface area contributed by atoms with Crippen LogP contribution in [0.25, 0.3) is 0 Å². The fourth-order valence-corrected chi connectivity index (χ4v) is 2.58. The first kappa shape index (κ1) is 14.2. The van der Waals surface area contributed by atoms with Crippen LogP contribution < -0.4 is 5.32 Å². The normalized spacial score (nSPS) is 18.8. The summed E-state index contributed by atoms with van der Waals surface area (Å²) in [5, 5.41) is 15.2. The van der Waals surface area contributed by atoms with Crippen LogP contribution in [-0.2, 0) is 20.8 Å². The number of rotatable bonds is 8. The van der Waals surface area contributed by atoms with Gasteiger partial charge in [-0.2, -0.15) is 0 Å². The van der Waals surface area contributed by atoms with Crippen LogP contribution in [0.2, 0.25) is 0 Å². The maximum Gasteiger partial charge on any atom is 0.319 e. The predicted octanol–water partition coefficient (Wildman–Crippen LogP) is -0.683. The van der Waals surface area contributed by atoms with Gasteiger partial charge in [-0.3, -0.25) is 4.79 Å². The highest BCUT2D eigenvalue weighted by Crippen LogP contribution is 2.27. The van der Waals surface area contributed by atoms with Gasteiger partial charge in [0.1, 0.15) is 5.25 Å². The first-order chi connectivity index (χ1) is 9.31. The van der Waals surface area contributed by atoms with Crippen LogP contribution in [0.4, 0.5) is 0 Å². The van der Waals surface area contributed by atoms with Crippen molar-refractivity contribution in [2.75, 3.05) is 33.4 Å². The van der Waals surface area contributed by atoms with Crippen LogP contribution in [0.15, 0.2) is 5.16 Å². The summed E-state index contributed by atoms with van der Waals surface area (Å²) < 4.78 is 11.5. The average molecular weight is 287 g/mol. The zero-order valence-electron chi connectivity index (χ0n) is 10.7. The van der Waals surface area contributed by atoms with E-state index in [0.29, 0.717) is 31.3 Å². The van der Waals surface area contributed by atoms with Crippen molar-refractivity contribution < 1.29 is 14.3 Å². The molecule has 1 aliphatic heterocycles. The molecule has 1 N–H and O–H groups in total. The third-order valence-corrected chi connectivity index (χ3v) is 3.83. The molecule has 0 bridgehead atoms. The van der Waals surface area contributed by atoms with Crippen LogP contribution in [0, 0.1) is 0 Å². The van der Waals surface area contributed by atoms with E-state index in [4.69, 9.17) is 9.47 Å². The molecule has 0 amide bonds. The lowest BCUT2D eigenvalue weighted by Gasteiger charge is -2.07. The van der Waals surface area contributed by atoms with Gasteiger partial charge in [0, 0.05) is 26.6 Å². The van der Waals surface area contributed by atoms with Gasteiger partial charge in [-0.05, 0) is 10.4 Å². The summed E-state index contributed by atoms with van der Waals surface area (Å²) in [5.74, 6) is -0.183. The Morgan fingerprint density at radius 2 is 2.47 bits per heavy atom. The Morgan fingerprint density at radius 1 is 1.58 bits per heavy atom. The number of nitrogens with zero attached hydrogens (tertiary/aromatic N) is 4. The molecule has 1 aromatic heterocycles. The van der Waals surface area contributed by atoms with Gasteiger partial charge >= 0.3 is 5.97 Å². The lowest BCUT2D eigenvalue weighted by Crippen LogP contribution is -2.24. The van der Waals surface area contributed by atoms with E-state index >= 15 is 0 Å². The maximum atomic E-state index is 11.4. The molecule has 0 aromatic carbocycles. The Kier molecular flexibility index (Phi) is 5.55. The van der Waals surface area contributed by atoms with Crippen molar-refractivity contribution in [1.29, 1.82) is 0 Å². The Morgan fingerprint density at radius 3 is 3.21 bits per heavy atom. The van der Waals surface area contributed by atoms with Crippen LogP contribution in [0.5, 0.6) is 0 Å². The second-order valence-corrected chi connectivity index (χ2v) is 5.16. The molecule has 1 fully saturated rings. The topological polar surface area (TPSA) is 91.2 Å². The van der Waals surface area contributed by atoms with Gasteiger partial charge in [0.2, 0.25) is 5.16 Å². The fraction of sp³-hybridized carbons (Fsp3) is 0.800. The molecule has 1 unspecified atom stereocenters. The third kappa shape index (κ3) is 4.15. The van der Waals surface area contributed by atoms with E-state index in [1.165, 1.54) is 11.8 Å². The van der Waals surface area contributed by atoms with E-state index in [9.17, 15) is 4.79 Å². The molecule has 1 aliphatic rings. The molecule has 106 valence electrons. The molecule has 2 heterocycles. The van der Waals surface area contributed by atoms with E-state index in [0.717, 1.165) is 13.1 Å². The smallest absolute Gasteiger partial charge is 0.319 e. The summed E-state index contributed by atoms with van der Waals surface area (Å²) >= 11 is 1.36. The number of tetrazole rings is 1. The maximum absolute atomic E-state index is 11.4. The highest BCUT2D eigenvalue weighted by Gasteiger charge is 2.29. The SMILES string of the molecule is COCCNCCn1nnnc1SC1CCOC1=O. The van der Waals surface area contributed by atoms with Crippen molar-refractivity contribution in [2.45, 2.75) is 23.4 Å². The van der Waals surface area contributed by atoms with E-state index in [2.05, 4.69) is 20.8 Å². The molecule has 19 heavy (non-hydrogen) atoms. The first-order valence-corrected chi connectivity index (χ1v) is 6.98. The van der Waals surface area contributed by atoms with Crippen molar-refractivity contribution in [3.05, 3.63) is 0 Å². The number of esters is 1. The summed E-state index contributed by atoms with van der Waals surface area (Å²) in [6, 6.07) is 0. The summed E-state index contributed by atoms with van der Waals surface area (Å²) in [4.78, 5) is 11.4. The number of hydrogen-bond donors (Lipinski definition) is 1. The third-order valence-electron chi connectivity index (χ3n) is 2.62. The molecular formula is C10H17N5O3S. The van der Waals surface area contributed by atoms with Gasteiger partial charge in [0.15, 0.2) is 0 Å². The molecule has 0 spiro atoms. The van der Waals surface area contributed by atoms with Gasteiger partial charge < -0.3 is 14.8 Å². The minimum Gasteiger partial charge on any atom is -0.465 e. The molecule has 0 radical (unpaired) electrons. The van der Waals surface area contributed by atoms with E-state index in [1.54, 1.807) is 11.8 Å². The Bertz CT molecular complexity index is 414. The van der Waals surface area contributed by atoms with Crippen LogP contribution >= 0.6 is 11.8 Å². The number of carbonyl (C=O) groups excluding carboxylic acids is 1. The second-order valence-electron chi connectivity index (χ2n) is 3.99. The largest absolute Gasteiger partial charge is 0.465 e. The summed E-state index contributed by atoms with van der Waals surface area (Å²) in [6.45, 7) is 3.34. The second kappa shape index (κ2) is 7.41. The number of ether oxygens (including phenoxy) is 2. The number of thioether (sulfide) groups is 1. The Balaban J connectivity index is 1.78. The van der Waals surface area contributed by atoms with Crippen molar-refractivity contribution in [2.24, 2.45) is 0 Å². The Hall–Kier alpha value is -1.19. The van der Waals surface area contributed by atoms with Crippen LogP contribution in [-0.4, -0.2) is 64.8 Å². The summed E-state index contributed by atoms with van der Waals surface area (Å²) in [5.41, 5.74) is 0. The minimum absolute atomic E-state index is 0.183. The molecule has 1 aromatic rings. The van der Waals surface area contributed by atoms with Crippen molar-refractivity contribution in [1.82, 2.24) is 25.5 Å². The zero-order valence-corrected chi connectivity index (χ0v) is 11.6. The number of nitrogens with one attached hydrogen (secondary N) is 1. The molecule has 0 saturated carbocycles. The molecule has 9 heteroatoms. The van der Waals surface area contributed by atoms with Gasteiger partial charge in [-0.1, -0.05) is 11.8 Å². The van der Waals surface area contributed by atoms with Crippen molar-refractivity contribution in [3.8, 4) is 0 Å². The van der Waals surface area contributed by atoms with Crippen LogP contribution in [0.1, 0.15) is 6.42 Å².